The van der Waals surface area contributed by atoms with E-state index in [0.717, 1.165) is 11.1 Å². The number of carboxylic acids is 1. The van der Waals surface area contributed by atoms with E-state index in [-0.39, 0.29) is 24.2 Å². The summed E-state index contributed by atoms with van der Waals surface area (Å²) in [6.45, 7) is 7.15. The van der Waals surface area contributed by atoms with Crippen LogP contribution in [0, 0.1) is 16.7 Å². The summed E-state index contributed by atoms with van der Waals surface area (Å²) in [5.74, 6) is -1.03. The first-order valence-electron chi connectivity index (χ1n) is 13.5. The number of rotatable bonds is 8. The molecule has 208 valence electrons. The van der Waals surface area contributed by atoms with Crippen molar-refractivity contribution >= 4 is 23.6 Å². The number of piperidine rings is 1. The Kier molecular flexibility index (Phi) is 9.01. The van der Waals surface area contributed by atoms with E-state index in [2.05, 4.69) is 5.32 Å². The molecule has 4 rings (SSSR count). The van der Waals surface area contributed by atoms with Crippen molar-refractivity contribution in [2.24, 2.45) is 11.3 Å². The van der Waals surface area contributed by atoms with Crippen LogP contribution in [0.3, 0.4) is 0 Å². The van der Waals surface area contributed by atoms with Gasteiger partial charge in [0.2, 0.25) is 5.91 Å². The topological polar surface area (TPSA) is 126 Å². The molecule has 2 aromatic carbocycles. The molecule has 1 unspecified atom stereocenters. The lowest BCUT2D eigenvalue weighted by molar-refractivity contribution is -0.307. The van der Waals surface area contributed by atoms with Crippen LogP contribution in [0.2, 0.25) is 0 Å². The normalized spacial score (nSPS) is 17.4. The summed E-state index contributed by atoms with van der Waals surface area (Å²) in [5, 5.41) is 22.6. The molecule has 2 heterocycles. The van der Waals surface area contributed by atoms with Gasteiger partial charge in [-0.3, -0.25) is 15.0 Å². The zero-order chi connectivity index (χ0) is 28.0. The van der Waals surface area contributed by atoms with E-state index in [4.69, 9.17) is 10.1 Å². The molecule has 2 aliphatic rings. The first-order valence-corrected chi connectivity index (χ1v) is 13.5. The van der Waals surface area contributed by atoms with Crippen LogP contribution in [0.15, 0.2) is 54.6 Å². The molecule has 0 aliphatic carbocycles. The second kappa shape index (κ2) is 12.4. The highest BCUT2D eigenvalue weighted by Crippen LogP contribution is 2.37. The summed E-state index contributed by atoms with van der Waals surface area (Å²) in [4.78, 5) is 41.9. The Labute approximate surface area is 229 Å². The number of aliphatic carboxylic acids is 1. The van der Waals surface area contributed by atoms with Crippen LogP contribution in [0.4, 0.5) is 0 Å². The van der Waals surface area contributed by atoms with Gasteiger partial charge in [-0.2, -0.15) is 0 Å². The Bertz CT molecular complexity index is 1170. The van der Waals surface area contributed by atoms with E-state index in [1.807, 2.05) is 49.1 Å². The van der Waals surface area contributed by atoms with Gasteiger partial charge in [-0.25, -0.2) is 0 Å². The van der Waals surface area contributed by atoms with Crippen molar-refractivity contribution in [1.29, 1.82) is 5.41 Å². The third kappa shape index (κ3) is 6.84. The third-order valence-corrected chi connectivity index (χ3v) is 7.79. The van der Waals surface area contributed by atoms with E-state index in [9.17, 15) is 19.5 Å². The summed E-state index contributed by atoms with van der Waals surface area (Å²) < 4.78 is 5.37. The lowest BCUT2D eigenvalue weighted by Gasteiger charge is -2.41. The van der Waals surface area contributed by atoms with Gasteiger partial charge in [0, 0.05) is 43.3 Å². The largest absolute Gasteiger partial charge is 0.550 e. The molecule has 2 N–H and O–H groups in total. The lowest BCUT2D eigenvalue weighted by Crippen LogP contribution is -2.51. The number of benzene rings is 2. The Morgan fingerprint density at radius 2 is 1.54 bits per heavy atom. The standard InChI is InChI=1S/C30H38N4O5/c1-30(2,29(38)34-14-12-21(13-15-34)20-25(35)36)26(22-6-4-3-5-7-22)32-28(37)24-10-8-23(9-11-24)27(31)33-16-18-39-19-17-33/h3-11,21,26,31H,12-20H2,1-2H3,(H,32,37)(H,35,36)/p-1. The number of nitrogens with one attached hydrogen (secondary N) is 2. The maximum Gasteiger partial charge on any atom is 0.251 e. The van der Waals surface area contributed by atoms with Gasteiger partial charge in [0.1, 0.15) is 5.84 Å². The predicted molar refractivity (Wildman–Crippen MR) is 145 cm³/mol. The molecule has 0 aromatic heterocycles. The quantitative estimate of drug-likeness (QED) is 0.396. The molecule has 0 saturated carbocycles. The average molecular weight is 534 g/mol. The van der Waals surface area contributed by atoms with Crippen LogP contribution in [-0.4, -0.2) is 72.8 Å². The van der Waals surface area contributed by atoms with Gasteiger partial charge in [-0.05, 0) is 56.7 Å². The molecule has 9 heteroatoms. The molecule has 9 nitrogen and oxygen atoms in total. The monoisotopic (exact) mass is 533 g/mol. The maximum atomic E-state index is 13.8. The fourth-order valence-electron chi connectivity index (χ4n) is 5.40. The Morgan fingerprint density at radius 1 is 0.949 bits per heavy atom. The van der Waals surface area contributed by atoms with Crippen molar-refractivity contribution in [2.75, 3.05) is 39.4 Å². The van der Waals surface area contributed by atoms with Crippen LogP contribution in [0.1, 0.15) is 60.6 Å². The Balaban J connectivity index is 1.48. The van der Waals surface area contributed by atoms with Crippen LogP contribution in [0.5, 0.6) is 0 Å². The number of ether oxygens (including phenoxy) is 1. The van der Waals surface area contributed by atoms with E-state index >= 15 is 0 Å². The highest BCUT2D eigenvalue weighted by Gasteiger charge is 2.42. The number of carboxylic acid groups (broad SMARTS) is 1. The highest BCUT2D eigenvalue weighted by molar-refractivity contribution is 5.99. The van der Waals surface area contributed by atoms with Crippen molar-refractivity contribution in [2.45, 2.75) is 39.2 Å². The van der Waals surface area contributed by atoms with Gasteiger partial charge in [0.05, 0.1) is 24.7 Å². The summed E-state index contributed by atoms with van der Waals surface area (Å²) >= 11 is 0. The highest BCUT2D eigenvalue weighted by atomic mass is 16.5. The summed E-state index contributed by atoms with van der Waals surface area (Å²) in [5.41, 5.74) is 1.03. The number of hydrogen-bond donors (Lipinski definition) is 2. The Hall–Kier alpha value is -3.72. The molecule has 0 radical (unpaired) electrons. The van der Waals surface area contributed by atoms with E-state index in [1.165, 1.54) is 0 Å². The number of likely N-dealkylation sites (tertiary alicyclic amines) is 1. The molecule has 1 atom stereocenters. The van der Waals surface area contributed by atoms with E-state index in [0.29, 0.717) is 63.6 Å². The minimum Gasteiger partial charge on any atom is -0.550 e. The van der Waals surface area contributed by atoms with Crippen molar-refractivity contribution in [3.63, 3.8) is 0 Å². The van der Waals surface area contributed by atoms with Crippen LogP contribution >= 0.6 is 0 Å². The molecule has 0 spiro atoms. The lowest BCUT2D eigenvalue weighted by atomic mass is 9.78. The molecule has 2 aliphatic heterocycles. The molecule has 0 bridgehead atoms. The first-order chi connectivity index (χ1) is 18.7. The zero-order valence-corrected chi connectivity index (χ0v) is 22.7. The number of amidine groups is 1. The second-order valence-corrected chi connectivity index (χ2v) is 10.9. The van der Waals surface area contributed by atoms with Crippen LogP contribution in [-0.2, 0) is 14.3 Å². The minimum absolute atomic E-state index is 0.0127. The smallest absolute Gasteiger partial charge is 0.251 e. The van der Waals surface area contributed by atoms with E-state index in [1.54, 1.807) is 29.2 Å². The number of amides is 2. The number of nitrogens with zero attached hydrogens (tertiary/aromatic N) is 2. The SMILES string of the molecule is CC(C)(C(=O)N1CCC(CC(=O)[O-])CC1)C(NC(=O)c1ccc(C(=N)N2CCOCC2)cc1)c1ccccc1. The van der Waals surface area contributed by atoms with Gasteiger partial charge < -0.3 is 29.8 Å². The molecule has 2 amide bonds. The van der Waals surface area contributed by atoms with Crippen molar-refractivity contribution in [1.82, 2.24) is 15.1 Å². The van der Waals surface area contributed by atoms with Crippen molar-refractivity contribution in [3.05, 3.63) is 71.3 Å². The first kappa shape index (κ1) is 28.3. The van der Waals surface area contributed by atoms with Gasteiger partial charge in [-0.15, -0.1) is 0 Å². The fraction of sp³-hybridized carbons (Fsp3) is 0.467. The summed E-state index contributed by atoms with van der Waals surface area (Å²) in [7, 11) is 0. The van der Waals surface area contributed by atoms with Crippen molar-refractivity contribution in [3.8, 4) is 0 Å². The van der Waals surface area contributed by atoms with Crippen LogP contribution < -0.4 is 10.4 Å². The molecule has 2 fully saturated rings. The fourth-order valence-corrected chi connectivity index (χ4v) is 5.40. The Morgan fingerprint density at radius 3 is 2.13 bits per heavy atom. The summed E-state index contributed by atoms with van der Waals surface area (Å²) in [6.07, 6.45) is 1.24. The molecule has 2 saturated heterocycles. The van der Waals surface area contributed by atoms with Gasteiger partial charge >= 0.3 is 0 Å². The van der Waals surface area contributed by atoms with E-state index < -0.39 is 17.4 Å². The van der Waals surface area contributed by atoms with Crippen molar-refractivity contribution < 1.29 is 24.2 Å². The number of carbonyl (C=O) groups is 3. The molecular weight excluding hydrogens is 496 g/mol. The zero-order valence-electron chi connectivity index (χ0n) is 22.7. The number of hydrogen-bond acceptors (Lipinski definition) is 6. The van der Waals surface area contributed by atoms with Gasteiger partial charge in [0.25, 0.3) is 5.91 Å². The second-order valence-electron chi connectivity index (χ2n) is 10.9. The number of carbonyl (C=O) groups excluding carboxylic acids is 3. The average Bonchev–Trinajstić information content (AvgIpc) is 2.96. The maximum absolute atomic E-state index is 13.8. The molecule has 2 aromatic rings. The third-order valence-electron chi connectivity index (χ3n) is 7.79. The van der Waals surface area contributed by atoms with Gasteiger partial charge in [-0.1, -0.05) is 42.5 Å². The molecular formula is C30H37N4O5-. The van der Waals surface area contributed by atoms with Crippen LogP contribution in [0.25, 0.3) is 0 Å². The molecule has 39 heavy (non-hydrogen) atoms. The van der Waals surface area contributed by atoms with Gasteiger partial charge in [0.15, 0.2) is 0 Å². The summed E-state index contributed by atoms with van der Waals surface area (Å²) in [6, 6.07) is 15.8. The number of morpholine rings is 1. The minimum atomic E-state index is -1.06. The predicted octanol–water partition coefficient (Wildman–Crippen LogP) is 2.22.